The maximum Gasteiger partial charge on any atom is 0.225 e. The van der Waals surface area contributed by atoms with Crippen LogP contribution in [0, 0.1) is 0 Å². The number of nitrogens with zero attached hydrogens (tertiary/aromatic N) is 1. The lowest BCUT2D eigenvalue weighted by molar-refractivity contribution is -0.146. The van der Waals surface area contributed by atoms with Gasteiger partial charge in [0, 0.05) is 0 Å². The van der Waals surface area contributed by atoms with Crippen molar-refractivity contribution < 1.29 is 4.79 Å². The van der Waals surface area contributed by atoms with E-state index in [4.69, 9.17) is 0 Å². The van der Waals surface area contributed by atoms with Crippen molar-refractivity contribution in [1.82, 2.24) is 4.90 Å². The second-order valence-electron chi connectivity index (χ2n) is 4.18. The SMILES string of the molecule is CC=C[C@H]1CC(=O)N1C(C)c1ccccc1. The Morgan fingerprint density at radius 1 is 1.38 bits per heavy atom. The molecule has 1 amide bonds. The molecule has 0 spiro atoms. The Labute approximate surface area is 96.6 Å². The van der Waals surface area contributed by atoms with E-state index in [2.05, 4.69) is 25.1 Å². The predicted molar refractivity (Wildman–Crippen MR) is 64.9 cm³/mol. The molecule has 0 N–H and O–H groups in total. The van der Waals surface area contributed by atoms with Gasteiger partial charge in [0.2, 0.25) is 5.91 Å². The molecule has 0 bridgehead atoms. The molecule has 1 aliphatic rings. The highest BCUT2D eigenvalue weighted by Crippen LogP contribution is 2.31. The number of hydrogen-bond acceptors (Lipinski definition) is 1. The summed E-state index contributed by atoms with van der Waals surface area (Å²) in [7, 11) is 0. The van der Waals surface area contributed by atoms with Gasteiger partial charge in [0.25, 0.3) is 0 Å². The first-order valence-electron chi connectivity index (χ1n) is 5.73. The van der Waals surface area contributed by atoms with Crippen molar-refractivity contribution in [3.63, 3.8) is 0 Å². The number of hydrogen-bond donors (Lipinski definition) is 0. The smallest absolute Gasteiger partial charge is 0.225 e. The minimum Gasteiger partial charge on any atom is -0.329 e. The normalized spacial score (nSPS) is 22.2. The summed E-state index contributed by atoms with van der Waals surface area (Å²) in [6, 6.07) is 10.6. The zero-order valence-electron chi connectivity index (χ0n) is 9.76. The van der Waals surface area contributed by atoms with Crippen LogP contribution < -0.4 is 0 Å². The summed E-state index contributed by atoms with van der Waals surface area (Å²) in [5, 5.41) is 0. The van der Waals surface area contributed by atoms with Gasteiger partial charge in [-0.1, -0.05) is 42.5 Å². The Kier molecular flexibility index (Phi) is 3.09. The molecule has 0 aromatic heterocycles. The van der Waals surface area contributed by atoms with Gasteiger partial charge in [-0.3, -0.25) is 4.79 Å². The van der Waals surface area contributed by atoms with Crippen molar-refractivity contribution in [1.29, 1.82) is 0 Å². The number of likely N-dealkylation sites (tertiary alicyclic amines) is 1. The highest BCUT2D eigenvalue weighted by Gasteiger charge is 2.37. The summed E-state index contributed by atoms with van der Waals surface area (Å²) in [5.41, 5.74) is 1.20. The molecule has 2 atom stereocenters. The van der Waals surface area contributed by atoms with Crippen molar-refractivity contribution in [2.24, 2.45) is 0 Å². The highest BCUT2D eigenvalue weighted by atomic mass is 16.2. The third-order valence-electron chi connectivity index (χ3n) is 3.14. The Morgan fingerprint density at radius 3 is 2.62 bits per heavy atom. The van der Waals surface area contributed by atoms with Crippen LogP contribution in [0.15, 0.2) is 42.5 Å². The lowest BCUT2D eigenvalue weighted by atomic mass is 9.95. The molecule has 0 aliphatic carbocycles. The quantitative estimate of drug-likeness (QED) is 0.561. The molecule has 1 aromatic carbocycles. The van der Waals surface area contributed by atoms with Crippen molar-refractivity contribution in [2.75, 3.05) is 0 Å². The van der Waals surface area contributed by atoms with Gasteiger partial charge in [0.1, 0.15) is 0 Å². The Hall–Kier alpha value is -1.57. The minimum absolute atomic E-state index is 0.170. The van der Waals surface area contributed by atoms with Gasteiger partial charge in [-0.05, 0) is 19.4 Å². The molecule has 84 valence electrons. The monoisotopic (exact) mass is 215 g/mol. The maximum atomic E-state index is 11.6. The summed E-state index contributed by atoms with van der Waals surface area (Å²) in [4.78, 5) is 13.6. The Morgan fingerprint density at radius 2 is 2.06 bits per heavy atom. The molecule has 1 fully saturated rings. The first kappa shape index (κ1) is 10.9. The topological polar surface area (TPSA) is 20.3 Å². The fourth-order valence-electron chi connectivity index (χ4n) is 2.23. The molecule has 16 heavy (non-hydrogen) atoms. The summed E-state index contributed by atoms with van der Waals surface area (Å²) < 4.78 is 0. The second-order valence-corrected chi connectivity index (χ2v) is 4.18. The largest absolute Gasteiger partial charge is 0.329 e. The van der Waals surface area contributed by atoms with E-state index in [-0.39, 0.29) is 18.0 Å². The molecular weight excluding hydrogens is 198 g/mol. The number of allylic oxidation sites excluding steroid dienone is 1. The zero-order chi connectivity index (χ0) is 11.5. The molecule has 2 rings (SSSR count). The van der Waals surface area contributed by atoms with Crippen LogP contribution >= 0.6 is 0 Å². The van der Waals surface area contributed by atoms with Crippen LogP contribution in [0.2, 0.25) is 0 Å². The van der Waals surface area contributed by atoms with Gasteiger partial charge >= 0.3 is 0 Å². The molecule has 2 nitrogen and oxygen atoms in total. The van der Waals surface area contributed by atoms with Crippen molar-refractivity contribution >= 4 is 5.91 Å². The van der Waals surface area contributed by atoms with Gasteiger partial charge in [-0.25, -0.2) is 0 Å². The summed E-state index contributed by atoms with van der Waals surface area (Å²) >= 11 is 0. The van der Waals surface area contributed by atoms with E-state index in [1.54, 1.807) is 0 Å². The predicted octanol–water partition coefficient (Wildman–Crippen LogP) is 2.92. The van der Waals surface area contributed by atoms with Gasteiger partial charge < -0.3 is 4.90 Å². The van der Waals surface area contributed by atoms with Crippen molar-refractivity contribution in [3.8, 4) is 0 Å². The molecule has 1 saturated heterocycles. The van der Waals surface area contributed by atoms with Gasteiger partial charge in [0.15, 0.2) is 0 Å². The minimum atomic E-state index is 0.170. The fourth-order valence-corrected chi connectivity index (χ4v) is 2.23. The highest BCUT2D eigenvalue weighted by molar-refractivity contribution is 5.84. The molecule has 2 heteroatoms. The molecule has 1 aromatic rings. The Balaban J connectivity index is 2.15. The number of carbonyl (C=O) groups is 1. The average molecular weight is 215 g/mol. The molecule has 0 saturated carbocycles. The third kappa shape index (κ3) is 1.87. The van der Waals surface area contributed by atoms with Gasteiger partial charge in [-0.15, -0.1) is 0 Å². The van der Waals surface area contributed by atoms with Crippen LogP contribution in [0.1, 0.15) is 31.9 Å². The summed E-state index contributed by atoms with van der Waals surface area (Å²) in [6.45, 7) is 4.08. The zero-order valence-corrected chi connectivity index (χ0v) is 9.76. The average Bonchev–Trinajstić information content (AvgIpc) is 2.29. The van der Waals surface area contributed by atoms with E-state index in [9.17, 15) is 4.79 Å². The lowest BCUT2D eigenvalue weighted by Gasteiger charge is -2.43. The van der Waals surface area contributed by atoms with Crippen molar-refractivity contribution in [3.05, 3.63) is 48.0 Å². The number of carbonyl (C=O) groups excluding carboxylic acids is 1. The molecule has 1 heterocycles. The van der Waals surface area contributed by atoms with E-state index in [1.807, 2.05) is 36.1 Å². The number of rotatable bonds is 3. The molecule has 1 unspecified atom stereocenters. The maximum absolute atomic E-state index is 11.6. The van der Waals surface area contributed by atoms with Crippen LogP contribution in [0.3, 0.4) is 0 Å². The van der Waals surface area contributed by atoms with E-state index >= 15 is 0 Å². The van der Waals surface area contributed by atoms with Crippen molar-refractivity contribution in [2.45, 2.75) is 32.4 Å². The molecular formula is C14H17NO. The van der Waals surface area contributed by atoms with E-state index in [0.717, 1.165) is 0 Å². The molecule has 1 aliphatic heterocycles. The van der Waals surface area contributed by atoms with E-state index < -0.39 is 0 Å². The van der Waals surface area contributed by atoms with Crippen LogP contribution in [-0.4, -0.2) is 16.8 Å². The second kappa shape index (κ2) is 4.52. The van der Waals surface area contributed by atoms with E-state index in [0.29, 0.717) is 6.42 Å². The third-order valence-corrected chi connectivity index (χ3v) is 3.14. The first-order chi connectivity index (χ1) is 7.74. The van der Waals surface area contributed by atoms with Gasteiger partial charge in [0.05, 0.1) is 18.5 Å². The first-order valence-corrected chi connectivity index (χ1v) is 5.73. The standard InChI is InChI=1S/C14H17NO/c1-3-7-13-10-14(16)15(13)11(2)12-8-5-4-6-9-12/h3-9,11,13H,10H2,1-2H3/t11?,13-/m0/s1. The van der Waals surface area contributed by atoms with Crippen LogP contribution in [0.5, 0.6) is 0 Å². The summed E-state index contributed by atoms with van der Waals surface area (Å²) in [5.74, 6) is 0.249. The van der Waals surface area contributed by atoms with Crippen LogP contribution in [0.4, 0.5) is 0 Å². The van der Waals surface area contributed by atoms with Gasteiger partial charge in [-0.2, -0.15) is 0 Å². The van der Waals surface area contributed by atoms with Crippen LogP contribution in [0.25, 0.3) is 0 Å². The molecule has 0 radical (unpaired) electrons. The number of benzene rings is 1. The Bertz CT molecular complexity index is 396. The van der Waals surface area contributed by atoms with Crippen LogP contribution in [-0.2, 0) is 4.79 Å². The fraction of sp³-hybridized carbons (Fsp3) is 0.357. The number of β-lactam (4-membered cyclic amide) rings is 1. The summed E-state index contributed by atoms with van der Waals surface area (Å²) in [6.07, 6.45) is 4.77. The number of amides is 1. The lowest BCUT2D eigenvalue weighted by Crippen LogP contribution is -2.52. The van der Waals surface area contributed by atoms with E-state index in [1.165, 1.54) is 5.56 Å².